The number of benzene rings is 1. The Kier molecular flexibility index (Phi) is 5.30. The Morgan fingerprint density at radius 3 is 2.48 bits per heavy atom. The van der Waals surface area contributed by atoms with Gasteiger partial charge in [-0.05, 0) is 18.1 Å². The number of carboxylic acid groups (broad SMARTS) is 1. The SMILES string of the molecule is Cn1cc(C(=O)N[C@H](CCC(=O)O)c2ccccc2)ccc1=O. The lowest BCUT2D eigenvalue weighted by molar-refractivity contribution is -0.137. The van der Waals surface area contributed by atoms with Gasteiger partial charge in [0, 0.05) is 25.7 Å². The van der Waals surface area contributed by atoms with E-state index in [2.05, 4.69) is 5.32 Å². The van der Waals surface area contributed by atoms with E-state index in [1.165, 1.54) is 22.9 Å². The molecule has 0 spiro atoms. The van der Waals surface area contributed by atoms with Crippen molar-refractivity contribution >= 4 is 11.9 Å². The monoisotopic (exact) mass is 314 g/mol. The molecule has 0 aliphatic rings. The number of carboxylic acids is 1. The number of nitrogens with one attached hydrogen (secondary N) is 1. The molecule has 0 saturated heterocycles. The van der Waals surface area contributed by atoms with Gasteiger partial charge in [-0.15, -0.1) is 0 Å². The van der Waals surface area contributed by atoms with Gasteiger partial charge < -0.3 is 15.0 Å². The molecule has 0 fully saturated rings. The van der Waals surface area contributed by atoms with E-state index in [1.54, 1.807) is 7.05 Å². The second kappa shape index (κ2) is 7.40. The Hall–Kier alpha value is -2.89. The van der Waals surface area contributed by atoms with Gasteiger partial charge in [-0.2, -0.15) is 0 Å². The van der Waals surface area contributed by atoms with Crippen LogP contribution in [0.15, 0.2) is 53.5 Å². The molecule has 0 saturated carbocycles. The Morgan fingerprint density at radius 2 is 1.87 bits per heavy atom. The van der Waals surface area contributed by atoms with Gasteiger partial charge in [-0.3, -0.25) is 14.4 Å². The van der Waals surface area contributed by atoms with E-state index in [9.17, 15) is 14.4 Å². The van der Waals surface area contributed by atoms with Gasteiger partial charge >= 0.3 is 5.97 Å². The van der Waals surface area contributed by atoms with E-state index >= 15 is 0 Å². The standard InChI is InChI=1S/C17H18N2O4/c1-19-11-13(7-9-15(19)20)17(23)18-14(8-10-16(21)22)12-5-3-2-4-6-12/h2-7,9,11,14H,8,10H2,1H3,(H,18,23)(H,21,22)/t14-/m1/s1. The number of carbonyl (C=O) groups excluding carboxylic acids is 1. The van der Waals surface area contributed by atoms with Gasteiger partial charge in [-0.25, -0.2) is 0 Å². The molecule has 0 bridgehead atoms. The number of aromatic nitrogens is 1. The zero-order valence-electron chi connectivity index (χ0n) is 12.7. The average Bonchev–Trinajstić information content (AvgIpc) is 2.54. The second-order valence-corrected chi connectivity index (χ2v) is 5.24. The number of carbonyl (C=O) groups is 2. The summed E-state index contributed by atoms with van der Waals surface area (Å²) in [5.41, 5.74) is 0.988. The van der Waals surface area contributed by atoms with E-state index in [4.69, 9.17) is 5.11 Å². The van der Waals surface area contributed by atoms with Gasteiger partial charge in [0.25, 0.3) is 5.91 Å². The summed E-state index contributed by atoms with van der Waals surface area (Å²) in [5, 5.41) is 11.7. The minimum absolute atomic E-state index is 0.0485. The number of amides is 1. The third kappa shape index (κ3) is 4.54. The van der Waals surface area contributed by atoms with Crippen molar-refractivity contribution in [3.63, 3.8) is 0 Å². The molecule has 1 heterocycles. The third-order valence-corrected chi connectivity index (χ3v) is 3.50. The molecule has 0 unspecified atom stereocenters. The van der Waals surface area contributed by atoms with Crippen LogP contribution in [0.2, 0.25) is 0 Å². The zero-order valence-corrected chi connectivity index (χ0v) is 12.7. The molecule has 0 aliphatic carbocycles. The number of rotatable bonds is 6. The summed E-state index contributed by atoms with van der Waals surface area (Å²) in [4.78, 5) is 34.6. The van der Waals surface area contributed by atoms with Crippen molar-refractivity contribution in [2.24, 2.45) is 7.05 Å². The first-order valence-electron chi connectivity index (χ1n) is 7.21. The molecule has 1 aromatic carbocycles. The highest BCUT2D eigenvalue weighted by molar-refractivity contribution is 5.94. The smallest absolute Gasteiger partial charge is 0.303 e. The van der Waals surface area contributed by atoms with Crippen LogP contribution < -0.4 is 10.9 Å². The molecular formula is C17H18N2O4. The molecule has 0 radical (unpaired) electrons. The van der Waals surface area contributed by atoms with Gasteiger partial charge in [0.05, 0.1) is 11.6 Å². The Bertz CT molecular complexity index is 753. The third-order valence-electron chi connectivity index (χ3n) is 3.50. The molecule has 6 heteroatoms. The van der Waals surface area contributed by atoms with Crippen molar-refractivity contribution in [1.82, 2.24) is 9.88 Å². The van der Waals surface area contributed by atoms with Gasteiger partial charge in [0.2, 0.25) is 5.56 Å². The summed E-state index contributed by atoms with van der Waals surface area (Å²) >= 11 is 0. The van der Waals surface area contributed by atoms with Crippen molar-refractivity contribution in [3.8, 4) is 0 Å². The number of hydrogen-bond donors (Lipinski definition) is 2. The lowest BCUT2D eigenvalue weighted by atomic mass is 10.0. The number of aliphatic carboxylic acids is 1. The predicted molar refractivity (Wildman–Crippen MR) is 85.2 cm³/mol. The van der Waals surface area contributed by atoms with Crippen molar-refractivity contribution < 1.29 is 14.7 Å². The van der Waals surface area contributed by atoms with Crippen molar-refractivity contribution in [1.29, 1.82) is 0 Å². The molecule has 0 aliphatic heterocycles. The normalized spacial score (nSPS) is 11.7. The number of hydrogen-bond acceptors (Lipinski definition) is 3. The number of pyridine rings is 1. The molecule has 120 valence electrons. The second-order valence-electron chi connectivity index (χ2n) is 5.24. The fraction of sp³-hybridized carbons (Fsp3) is 0.235. The molecule has 2 N–H and O–H groups in total. The van der Waals surface area contributed by atoms with Crippen LogP contribution in [0.4, 0.5) is 0 Å². The van der Waals surface area contributed by atoms with Crippen LogP contribution in [0.3, 0.4) is 0 Å². The summed E-state index contributed by atoms with van der Waals surface area (Å²) in [7, 11) is 1.57. The van der Waals surface area contributed by atoms with E-state index in [-0.39, 0.29) is 24.3 Å². The molecule has 1 aromatic heterocycles. The first-order valence-corrected chi connectivity index (χ1v) is 7.21. The maximum Gasteiger partial charge on any atom is 0.303 e. The largest absolute Gasteiger partial charge is 0.481 e. The predicted octanol–water partition coefficient (Wildman–Crippen LogP) is 1.72. The Balaban J connectivity index is 2.19. The van der Waals surface area contributed by atoms with Crippen LogP contribution in [-0.2, 0) is 11.8 Å². The number of nitrogens with zero attached hydrogens (tertiary/aromatic N) is 1. The molecule has 2 aromatic rings. The molecule has 6 nitrogen and oxygen atoms in total. The maximum absolute atomic E-state index is 12.4. The first-order chi connectivity index (χ1) is 11.0. The first kappa shape index (κ1) is 16.5. The van der Waals surface area contributed by atoms with Gasteiger partial charge in [0.1, 0.15) is 0 Å². The molecule has 1 amide bonds. The van der Waals surface area contributed by atoms with E-state index < -0.39 is 12.0 Å². The highest BCUT2D eigenvalue weighted by Gasteiger charge is 2.17. The summed E-state index contributed by atoms with van der Waals surface area (Å²) < 4.78 is 1.32. The fourth-order valence-electron chi connectivity index (χ4n) is 2.25. The van der Waals surface area contributed by atoms with Crippen molar-refractivity contribution in [3.05, 3.63) is 70.1 Å². The zero-order chi connectivity index (χ0) is 16.8. The highest BCUT2D eigenvalue weighted by Crippen LogP contribution is 2.19. The van der Waals surface area contributed by atoms with Crippen molar-refractivity contribution in [2.45, 2.75) is 18.9 Å². The van der Waals surface area contributed by atoms with Crippen LogP contribution in [0.25, 0.3) is 0 Å². The molecule has 2 rings (SSSR count). The minimum Gasteiger partial charge on any atom is -0.481 e. The lowest BCUT2D eigenvalue weighted by Crippen LogP contribution is -2.30. The Morgan fingerprint density at radius 1 is 1.17 bits per heavy atom. The van der Waals surface area contributed by atoms with Crippen LogP contribution in [0, 0.1) is 0 Å². The van der Waals surface area contributed by atoms with Gasteiger partial charge in [-0.1, -0.05) is 30.3 Å². The molecular weight excluding hydrogens is 296 g/mol. The minimum atomic E-state index is -0.915. The van der Waals surface area contributed by atoms with Crippen LogP contribution in [0.1, 0.15) is 34.8 Å². The quantitative estimate of drug-likeness (QED) is 0.850. The van der Waals surface area contributed by atoms with Gasteiger partial charge in [0.15, 0.2) is 0 Å². The number of aryl methyl sites for hydroxylation is 1. The van der Waals surface area contributed by atoms with E-state index in [0.717, 1.165) is 5.56 Å². The van der Waals surface area contributed by atoms with Crippen LogP contribution in [-0.4, -0.2) is 21.6 Å². The fourth-order valence-corrected chi connectivity index (χ4v) is 2.25. The maximum atomic E-state index is 12.4. The highest BCUT2D eigenvalue weighted by atomic mass is 16.4. The summed E-state index contributed by atoms with van der Waals surface area (Å²) in [6, 6.07) is 11.6. The van der Waals surface area contributed by atoms with E-state index in [1.807, 2.05) is 30.3 Å². The summed E-state index contributed by atoms with van der Waals surface area (Å²) in [5.74, 6) is -1.26. The summed E-state index contributed by atoms with van der Waals surface area (Å²) in [6.45, 7) is 0. The van der Waals surface area contributed by atoms with Crippen LogP contribution in [0.5, 0.6) is 0 Å². The topological polar surface area (TPSA) is 88.4 Å². The van der Waals surface area contributed by atoms with E-state index in [0.29, 0.717) is 5.56 Å². The average molecular weight is 314 g/mol. The molecule has 23 heavy (non-hydrogen) atoms. The Labute approximate surface area is 133 Å². The van der Waals surface area contributed by atoms with Crippen molar-refractivity contribution in [2.75, 3.05) is 0 Å². The van der Waals surface area contributed by atoms with Crippen LogP contribution >= 0.6 is 0 Å². The molecule has 1 atom stereocenters. The lowest BCUT2D eigenvalue weighted by Gasteiger charge is -2.18. The summed E-state index contributed by atoms with van der Waals surface area (Å²) in [6.07, 6.45) is 1.70.